The second kappa shape index (κ2) is 14.6. The summed E-state index contributed by atoms with van der Waals surface area (Å²) < 4.78 is 0. The lowest BCUT2D eigenvalue weighted by Crippen LogP contribution is -2.18. The summed E-state index contributed by atoms with van der Waals surface area (Å²) in [5, 5.41) is 10.1. The van der Waals surface area contributed by atoms with Crippen LogP contribution in [0.3, 0.4) is 0 Å². The summed E-state index contributed by atoms with van der Waals surface area (Å²) in [4.78, 5) is 7.37. The second-order valence-corrected chi connectivity index (χ2v) is 13.8. The standard InChI is InChI=1S/C51H42N2/c1-35(39-15-7-5-8-16-39)23-24-36(2)53(45-28-25-41(26-29-45)40-17-9-6-10-18-40)37(3)34-52-38(4)42-27-30-48-49(31-42)46-21-13-14-22-47(46)50-32-43-19-11-12-20-44(43)33-51(48)50/h5-34H,1-4H3/b35-23+,36-24+,37-34+,52-38+. The number of allylic oxidation sites excluding steroid dienone is 5. The number of hydrogen-bond donors (Lipinski definition) is 0. The van der Waals surface area contributed by atoms with Gasteiger partial charge in [0, 0.05) is 29.0 Å². The van der Waals surface area contributed by atoms with Gasteiger partial charge in [0.2, 0.25) is 0 Å². The third-order valence-corrected chi connectivity index (χ3v) is 10.3. The topological polar surface area (TPSA) is 15.6 Å². The monoisotopic (exact) mass is 682 g/mol. The van der Waals surface area contributed by atoms with Gasteiger partial charge < -0.3 is 4.90 Å². The van der Waals surface area contributed by atoms with Crippen molar-refractivity contribution in [2.45, 2.75) is 27.7 Å². The van der Waals surface area contributed by atoms with E-state index in [4.69, 9.17) is 4.99 Å². The van der Waals surface area contributed by atoms with E-state index < -0.39 is 0 Å². The van der Waals surface area contributed by atoms with Crippen molar-refractivity contribution in [1.29, 1.82) is 0 Å². The lowest BCUT2D eigenvalue weighted by Gasteiger charge is -2.26. The first kappa shape index (κ1) is 33.6. The Hall–Kier alpha value is -6.51. The highest BCUT2D eigenvalue weighted by Gasteiger charge is 2.13. The van der Waals surface area contributed by atoms with Crippen molar-refractivity contribution in [2.75, 3.05) is 4.90 Å². The number of benzene rings is 8. The molecular formula is C51H42N2. The van der Waals surface area contributed by atoms with Gasteiger partial charge in [0.25, 0.3) is 0 Å². The molecule has 8 rings (SSSR count). The van der Waals surface area contributed by atoms with Crippen LogP contribution in [0.15, 0.2) is 199 Å². The molecule has 256 valence electrons. The number of nitrogens with zero attached hydrogens (tertiary/aromatic N) is 2. The van der Waals surface area contributed by atoms with E-state index in [9.17, 15) is 0 Å². The first-order valence-electron chi connectivity index (χ1n) is 18.3. The summed E-state index contributed by atoms with van der Waals surface area (Å²) in [5.41, 5.74) is 10.1. The van der Waals surface area contributed by atoms with E-state index in [1.807, 2.05) is 6.20 Å². The van der Waals surface area contributed by atoms with Gasteiger partial charge in [0.15, 0.2) is 0 Å². The van der Waals surface area contributed by atoms with E-state index in [2.05, 4.69) is 209 Å². The Bertz CT molecular complexity index is 2730. The fourth-order valence-corrected chi connectivity index (χ4v) is 7.42. The molecular weight excluding hydrogens is 641 g/mol. The van der Waals surface area contributed by atoms with Crippen LogP contribution in [0.1, 0.15) is 38.8 Å². The lowest BCUT2D eigenvalue weighted by atomic mass is 9.91. The highest BCUT2D eigenvalue weighted by Crippen LogP contribution is 2.38. The van der Waals surface area contributed by atoms with E-state index in [1.165, 1.54) is 65.4 Å². The summed E-state index contributed by atoms with van der Waals surface area (Å²) >= 11 is 0. The molecule has 0 aliphatic rings. The molecule has 0 saturated heterocycles. The Morgan fingerprint density at radius 2 is 0.962 bits per heavy atom. The average molecular weight is 683 g/mol. The molecule has 0 unspecified atom stereocenters. The molecule has 0 atom stereocenters. The van der Waals surface area contributed by atoms with E-state index >= 15 is 0 Å². The third-order valence-electron chi connectivity index (χ3n) is 10.3. The highest BCUT2D eigenvalue weighted by atomic mass is 15.2. The van der Waals surface area contributed by atoms with Crippen molar-refractivity contribution in [3.05, 3.63) is 205 Å². The molecule has 0 aliphatic heterocycles. The molecule has 0 bridgehead atoms. The van der Waals surface area contributed by atoms with E-state index in [1.54, 1.807) is 0 Å². The summed E-state index contributed by atoms with van der Waals surface area (Å²) in [6.07, 6.45) is 6.40. The Balaban J connectivity index is 1.18. The first-order chi connectivity index (χ1) is 25.9. The predicted octanol–water partition coefficient (Wildman–Crippen LogP) is 14.2. The van der Waals surface area contributed by atoms with Gasteiger partial charge in [-0.15, -0.1) is 0 Å². The van der Waals surface area contributed by atoms with Gasteiger partial charge in [0.05, 0.1) is 0 Å². The van der Waals surface area contributed by atoms with Crippen LogP contribution in [0.25, 0.3) is 59.8 Å². The van der Waals surface area contributed by atoms with Gasteiger partial charge in [-0.1, -0.05) is 140 Å². The van der Waals surface area contributed by atoms with Crippen LogP contribution in [-0.2, 0) is 0 Å². The van der Waals surface area contributed by atoms with Crippen LogP contribution in [0.4, 0.5) is 5.69 Å². The van der Waals surface area contributed by atoms with Crippen LogP contribution in [0, 0.1) is 0 Å². The maximum absolute atomic E-state index is 5.09. The summed E-state index contributed by atoms with van der Waals surface area (Å²) in [5.74, 6) is 0. The van der Waals surface area contributed by atoms with Crippen molar-refractivity contribution < 1.29 is 0 Å². The Labute approximate surface area is 312 Å². The van der Waals surface area contributed by atoms with Crippen LogP contribution < -0.4 is 4.90 Å². The molecule has 0 N–H and O–H groups in total. The molecule has 0 fully saturated rings. The minimum atomic E-state index is 0.967. The van der Waals surface area contributed by atoms with Gasteiger partial charge in [0.1, 0.15) is 0 Å². The molecule has 8 aromatic carbocycles. The van der Waals surface area contributed by atoms with Crippen LogP contribution in [0.2, 0.25) is 0 Å². The minimum Gasteiger partial charge on any atom is -0.317 e. The molecule has 8 aromatic rings. The van der Waals surface area contributed by atoms with E-state index in [0.29, 0.717) is 0 Å². The smallest absolute Gasteiger partial charge is 0.0467 e. The Morgan fingerprint density at radius 1 is 0.434 bits per heavy atom. The molecule has 0 heterocycles. The quantitative estimate of drug-likeness (QED) is 0.0674. The molecule has 2 heteroatoms. The SMILES string of the molecule is C/C(=C\C=C(/C)N(/C(C)=C/N=C(\C)c1ccc2c(c1)c1ccccc1c1cc3ccccc3cc21)c1ccc(-c2ccccc2)cc1)c1ccccc1. The average Bonchev–Trinajstić information content (AvgIpc) is 3.22. The molecule has 0 saturated carbocycles. The number of aliphatic imine (C=N–C) groups is 1. The van der Waals surface area contributed by atoms with Gasteiger partial charge in [-0.25, -0.2) is 0 Å². The van der Waals surface area contributed by atoms with Crippen LogP contribution in [-0.4, -0.2) is 5.71 Å². The first-order valence-corrected chi connectivity index (χ1v) is 18.3. The largest absolute Gasteiger partial charge is 0.317 e. The molecule has 0 aromatic heterocycles. The summed E-state index contributed by atoms with van der Waals surface area (Å²) in [6, 6.07) is 58.7. The van der Waals surface area contributed by atoms with Gasteiger partial charge in [-0.05, 0) is 135 Å². The fourth-order valence-electron chi connectivity index (χ4n) is 7.42. The second-order valence-electron chi connectivity index (χ2n) is 13.8. The normalized spacial score (nSPS) is 13.0. The lowest BCUT2D eigenvalue weighted by molar-refractivity contribution is 1.05. The van der Waals surface area contributed by atoms with Gasteiger partial charge in [-0.2, -0.15) is 0 Å². The fraction of sp³-hybridized carbons (Fsp3) is 0.0784. The number of fused-ring (bicyclic) bond motifs is 7. The number of rotatable bonds is 8. The zero-order valence-corrected chi connectivity index (χ0v) is 30.7. The molecule has 0 spiro atoms. The predicted molar refractivity (Wildman–Crippen MR) is 231 cm³/mol. The van der Waals surface area contributed by atoms with E-state index in [-0.39, 0.29) is 0 Å². The Morgan fingerprint density at radius 3 is 1.60 bits per heavy atom. The van der Waals surface area contributed by atoms with Crippen molar-refractivity contribution in [3.8, 4) is 11.1 Å². The summed E-state index contributed by atoms with van der Waals surface area (Å²) in [7, 11) is 0. The minimum absolute atomic E-state index is 0.967. The highest BCUT2D eigenvalue weighted by molar-refractivity contribution is 6.28. The van der Waals surface area contributed by atoms with Crippen LogP contribution in [0.5, 0.6) is 0 Å². The third kappa shape index (κ3) is 6.80. The summed E-state index contributed by atoms with van der Waals surface area (Å²) in [6.45, 7) is 8.56. The maximum Gasteiger partial charge on any atom is 0.0467 e. The van der Waals surface area contributed by atoms with E-state index in [0.717, 1.165) is 28.4 Å². The maximum atomic E-state index is 5.09. The molecule has 0 amide bonds. The Kier molecular flexibility index (Phi) is 9.27. The number of hydrogen-bond acceptors (Lipinski definition) is 2. The zero-order chi connectivity index (χ0) is 36.3. The molecule has 53 heavy (non-hydrogen) atoms. The van der Waals surface area contributed by atoms with Gasteiger partial charge >= 0.3 is 0 Å². The van der Waals surface area contributed by atoms with Crippen molar-refractivity contribution in [3.63, 3.8) is 0 Å². The zero-order valence-electron chi connectivity index (χ0n) is 30.7. The molecule has 0 radical (unpaired) electrons. The molecule has 2 nitrogen and oxygen atoms in total. The molecule has 0 aliphatic carbocycles. The van der Waals surface area contributed by atoms with Crippen molar-refractivity contribution >= 4 is 60.1 Å². The van der Waals surface area contributed by atoms with Gasteiger partial charge in [-0.3, -0.25) is 4.99 Å². The number of anilines is 1. The van der Waals surface area contributed by atoms with Crippen molar-refractivity contribution in [2.24, 2.45) is 4.99 Å². The van der Waals surface area contributed by atoms with Crippen molar-refractivity contribution in [1.82, 2.24) is 0 Å². The van der Waals surface area contributed by atoms with Crippen LogP contribution >= 0.6 is 0 Å².